The van der Waals surface area contributed by atoms with Crippen LogP contribution in [0.5, 0.6) is 0 Å². The number of amides is 2. The van der Waals surface area contributed by atoms with Gasteiger partial charge in [-0.2, -0.15) is 5.10 Å². The predicted octanol–water partition coefficient (Wildman–Crippen LogP) is 3.15. The van der Waals surface area contributed by atoms with Crippen LogP contribution in [0.2, 0.25) is 0 Å². The molecule has 0 radical (unpaired) electrons. The molecule has 7 heteroatoms. The highest BCUT2D eigenvalue weighted by Crippen LogP contribution is 2.42. The van der Waals surface area contributed by atoms with Gasteiger partial charge in [0.2, 0.25) is 0 Å². The van der Waals surface area contributed by atoms with E-state index in [2.05, 4.69) is 20.5 Å². The fraction of sp³-hybridized carbons (Fsp3) is 0.471. The number of nitrogens with one attached hydrogen (secondary N) is 2. The summed E-state index contributed by atoms with van der Waals surface area (Å²) in [5, 5.41) is 9.91. The third-order valence-corrected chi connectivity index (χ3v) is 4.72. The Morgan fingerprint density at radius 1 is 1.33 bits per heavy atom. The van der Waals surface area contributed by atoms with E-state index in [0.29, 0.717) is 30.3 Å². The molecule has 0 bridgehead atoms. The van der Waals surface area contributed by atoms with Crippen molar-refractivity contribution in [2.75, 3.05) is 18.4 Å². The lowest BCUT2D eigenvalue weighted by Crippen LogP contribution is -2.32. The molecule has 2 amide bonds. The number of benzene rings is 1. The zero-order chi connectivity index (χ0) is 16.7. The Morgan fingerprint density at radius 3 is 2.88 bits per heavy atom. The van der Waals surface area contributed by atoms with E-state index in [-0.39, 0.29) is 17.8 Å². The van der Waals surface area contributed by atoms with Crippen molar-refractivity contribution >= 4 is 11.7 Å². The van der Waals surface area contributed by atoms with Gasteiger partial charge < -0.3 is 10.2 Å². The smallest absolute Gasteiger partial charge is 0.321 e. The second-order valence-corrected chi connectivity index (χ2v) is 6.65. The summed E-state index contributed by atoms with van der Waals surface area (Å²) in [6.45, 7) is 3.13. The van der Waals surface area contributed by atoms with E-state index < -0.39 is 0 Å². The minimum atomic E-state index is -0.184. The number of anilines is 1. The summed E-state index contributed by atoms with van der Waals surface area (Å²) in [6.07, 6.45) is 2.90. The first-order chi connectivity index (χ1) is 11.6. The normalized spacial score (nSPS) is 20.4. The van der Waals surface area contributed by atoms with Crippen molar-refractivity contribution in [1.29, 1.82) is 0 Å². The van der Waals surface area contributed by atoms with Gasteiger partial charge in [-0.1, -0.05) is 0 Å². The maximum atomic E-state index is 13.8. The van der Waals surface area contributed by atoms with Gasteiger partial charge in [-0.3, -0.25) is 5.10 Å². The van der Waals surface area contributed by atoms with Crippen molar-refractivity contribution in [3.8, 4) is 0 Å². The van der Waals surface area contributed by atoms with Crippen molar-refractivity contribution in [2.45, 2.75) is 38.0 Å². The number of urea groups is 1. The van der Waals surface area contributed by atoms with Crippen molar-refractivity contribution in [3.05, 3.63) is 41.2 Å². The fourth-order valence-electron chi connectivity index (χ4n) is 3.23. The van der Waals surface area contributed by atoms with E-state index in [9.17, 15) is 9.18 Å². The molecule has 2 N–H and O–H groups in total. The molecule has 0 spiro atoms. The number of aromatic amines is 1. The molecule has 1 aliphatic carbocycles. The highest BCUT2D eigenvalue weighted by molar-refractivity contribution is 5.89. The molecular weight excluding hydrogens is 309 g/mol. The molecule has 0 unspecified atom stereocenters. The number of carbonyl (C=O) groups is 1. The summed E-state index contributed by atoms with van der Waals surface area (Å²) in [4.78, 5) is 18.6. The Labute approximate surface area is 139 Å². The molecule has 1 saturated carbocycles. The Balaban J connectivity index is 1.41. The number of aromatic nitrogens is 3. The second-order valence-electron chi connectivity index (χ2n) is 6.65. The van der Waals surface area contributed by atoms with E-state index >= 15 is 0 Å². The predicted molar refractivity (Wildman–Crippen MR) is 87.4 cm³/mol. The van der Waals surface area contributed by atoms with Gasteiger partial charge >= 0.3 is 6.03 Å². The van der Waals surface area contributed by atoms with Crippen molar-refractivity contribution in [1.82, 2.24) is 20.1 Å². The zero-order valence-electron chi connectivity index (χ0n) is 13.6. The molecule has 4 rings (SSSR count). The third kappa shape index (κ3) is 2.98. The minimum Gasteiger partial charge on any atom is -0.324 e. The quantitative estimate of drug-likeness (QED) is 0.908. The number of aryl methyl sites for hydroxylation is 1. The molecule has 1 aliphatic heterocycles. The molecule has 1 saturated heterocycles. The Kier molecular flexibility index (Phi) is 3.70. The highest BCUT2D eigenvalue weighted by Gasteiger charge is 2.30. The lowest BCUT2D eigenvalue weighted by Gasteiger charge is -2.17. The number of H-pyrrole nitrogens is 1. The summed E-state index contributed by atoms with van der Waals surface area (Å²) < 4.78 is 13.8. The van der Waals surface area contributed by atoms with Gasteiger partial charge in [0.1, 0.15) is 11.6 Å². The average molecular weight is 329 g/mol. The van der Waals surface area contributed by atoms with Gasteiger partial charge in [0.15, 0.2) is 5.82 Å². The van der Waals surface area contributed by atoms with Crippen LogP contribution in [-0.2, 0) is 0 Å². The van der Waals surface area contributed by atoms with Gasteiger partial charge in [-0.05, 0) is 55.9 Å². The summed E-state index contributed by atoms with van der Waals surface area (Å²) in [5.74, 6) is 1.84. The van der Waals surface area contributed by atoms with Crippen LogP contribution in [-0.4, -0.2) is 39.2 Å². The number of halogens is 1. The highest BCUT2D eigenvalue weighted by atomic mass is 19.1. The topological polar surface area (TPSA) is 73.9 Å². The van der Waals surface area contributed by atoms with Crippen LogP contribution in [0.3, 0.4) is 0 Å². The molecule has 2 aliphatic rings. The second kappa shape index (κ2) is 5.89. The molecular formula is C17H20FN5O. The van der Waals surface area contributed by atoms with Crippen LogP contribution < -0.4 is 5.32 Å². The largest absolute Gasteiger partial charge is 0.324 e. The first-order valence-electron chi connectivity index (χ1n) is 8.34. The lowest BCUT2D eigenvalue weighted by molar-refractivity contribution is 0.222. The molecule has 2 aromatic rings. The number of carbonyl (C=O) groups excluding carboxylic acids is 1. The molecule has 126 valence electrons. The SMILES string of the molecule is Cc1nc([C@@H]2CCN(C(=O)Nc3ccc(F)c(C4CC4)c3)C2)n[nH]1. The first-order valence-corrected chi connectivity index (χ1v) is 8.34. The Morgan fingerprint density at radius 2 is 2.17 bits per heavy atom. The van der Waals surface area contributed by atoms with Gasteiger partial charge in [0.05, 0.1) is 0 Å². The molecule has 2 fully saturated rings. The first kappa shape index (κ1) is 15.1. The molecule has 1 aromatic carbocycles. The van der Waals surface area contributed by atoms with Crippen LogP contribution in [0.1, 0.15) is 48.3 Å². The van der Waals surface area contributed by atoms with Crippen LogP contribution >= 0.6 is 0 Å². The molecule has 1 atom stereocenters. The van der Waals surface area contributed by atoms with E-state index in [1.165, 1.54) is 6.07 Å². The molecule has 1 aromatic heterocycles. The number of nitrogens with zero attached hydrogens (tertiary/aromatic N) is 3. The van der Waals surface area contributed by atoms with Gasteiger partial charge in [-0.25, -0.2) is 14.2 Å². The molecule has 2 heterocycles. The summed E-state index contributed by atoms with van der Waals surface area (Å²) in [7, 11) is 0. The Hall–Kier alpha value is -2.44. The van der Waals surface area contributed by atoms with Crippen molar-refractivity contribution in [2.24, 2.45) is 0 Å². The monoisotopic (exact) mass is 329 g/mol. The number of hydrogen-bond donors (Lipinski definition) is 2. The molecule has 6 nitrogen and oxygen atoms in total. The van der Waals surface area contributed by atoms with Crippen LogP contribution in [0, 0.1) is 12.7 Å². The van der Waals surface area contributed by atoms with E-state index in [0.717, 1.165) is 30.9 Å². The molecule has 24 heavy (non-hydrogen) atoms. The van der Waals surface area contributed by atoms with E-state index in [4.69, 9.17) is 0 Å². The maximum absolute atomic E-state index is 13.8. The van der Waals surface area contributed by atoms with Crippen LogP contribution in [0.25, 0.3) is 0 Å². The third-order valence-electron chi connectivity index (χ3n) is 4.72. The zero-order valence-corrected chi connectivity index (χ0v) is 13.6. The summed E-state index contributed by atoms with van der Waals surface area (Å²) in [5.41, 5.74) is 1.36. The summed E-state index contributed by atoms with van der Waals surface area (Å²) in [6, 6.07) is 4.66. The van der Waals surface area contributed by atoms with E-state index in [1.54, 1.807) is 17.0 Å². The maximum Gasteiger partial charge on any atom is 0.321 e. The average Bonchev–Trinajstić information content (AvgIpc) is 3.11. The van der Waals surface area contributed by atoms with Gasteiger partial charge in [0.25, 0.3) is 0 Å². The van der Waals surface area contributed by atoms with Gasteiger partial charge in [0, 0.05) is 24.7 Å². The minimum absolute atomic E-state index is 0.155. The van der Waals surface area contributed by atoms with Crippen molar-refractivity contribution in [3.63, 3.8) is 0 Å². The lowest BCUT2D eigenvalue weighted by atomic mass is 10.1. The number of hydrogen-bond acceptors (Lipinski definition) is 3. The van der Waals surface area contributed by atoms with E-state index in [1.807, 2.05) is 6.92 Å². The fourth-order valence-corrected chi connectivity index (χ4v) is 3.23. The van der Waals surface area contributed by atoms with Gasteiger partial charge in [-0.15, -0.1) is 0 Å². The standard InChI is InChI=1S/C17H20FN5O/c1-10-19-16(22-21-10)12-6-7-23(9-12)17(24)20-13-4-5-15(18)14(8-13)11-2-3-11/h4-5,8,11-12H,2-3,6-7,9H2,1H3,(H,20,24)(H,19,21,22)/t12-/m1/s1. The number of likely N-dealkylation sites (tertiary alicyclic amines) is 1. The number of rotatable bonds is 3. The van der Waals surface area contributed by atoms with Crippen LogP contribution in [0.15, 0.2) is 18.2 Å². The Bertz CT molecular complexity index is 770. The van der Waals surface area contributed by atoms with Crippen LogP contribution in [0.4, 0.5) is 14.9 Å². The van der Waals surface area contributed by atoms with Crippen molar-refractivity contribution < 1.29 is 9.18 Å². The summed E-state index contributed by atoms with van der Waals surface area (Å²) >= 11 is 0.